The third-order valence-electron chi connectivity index (χ3n) is 5.68. The van der Waals surface area contributed by atoms with Crippen molar-refractivity contribution >= 4 is 15.6 Å². The highest BCUT2D eigenvalue weighted by Crippen LogP contribution is 2.47. The Labute approximate surface area is 155 Å². The van der Waals surface area contributed by atoms with Gasteiger partial charge in [0.1, 0.15) is 0 Å². The molecule has 140 valence electrons. The lowest BCUT2D eigenvalue weighted by molar-refractivity contribution is -0.124. The SMILES string of the molecule is COC[C@@H]1C(=O)C=C[C@@]2(C)/C=C\CCC[C@@H](S(=O)(=O)c3ccccc3)[C@@H]12. The highest BCUT2D eigenvalue weighted by Gasteiger charge is 2.50. The number of benzene rings is 1. The summed E-state index contributed by atoms with van der Waals surface area (Å²) in [5.41, 5.74) is -0.482. The van der Waals surface area contributed by atoms with Gasteiger partial charge in [-0.25, -0.2) is 8.42 Å². The van der Waals surface area contributed by atoms with Crippen LogP contribution < -0.4 is 0 Å². The first kappa shape index (κ1) is 19.1. The van der Waals surface area contributed by atoms with Crippen LogP contribution in [0.3, 0.4) is 0 Å². The van der Waals surface area contributed by atoms with Crippen LogP contribution in [0.5, 0.6) is 0 Å². The van der Waals surface area contributed by atoms with Gasteiger partial charge in [-0.05, 0) is 37.5 Å². The summed E-state index contributed by atoms with van der Waals surface area (Å²) in [6, 6.07) is 8.59. The second-order valence-electron chi connectivity index (χ2n) is 7.42. The van der Waals surface area contributed by atoms with Crippen molar-refractivity contribution in [1.29, 1.82) is 0 Å². The Morgan fingerprint density at radius 2 is 1.92 bits per heavy atom. The maximum Gasteiger partial charge on any atom is 0.181 e. The zero-order valence-corrected chi connectivity index (χ0v) is 16.1. The van der Waals surface area contributed by atoms with E-state index < -0.39 is 26.4 Å². The summed E-state index contributed by atoms with van der Waals surface area (Å²) in [5.74, 6) is -0.848. The topological polar surface area (TPSA) is 60.4 Å². The number of hydrogen-bond donors (Lipinski definition) is 0. The molecule has 0 saturated heterocycles. The van der Waals surface area contributed by atoms with Crippen LogP contribution in [-0.2, 0) is 19.4 Å². The van der Waals surface area contributed by atoms with Crippen LogP contribution in [0.25, 0.3) is 0 Å². The standard InChI is InChI=1S/C21H26O4S/c1-21-13-8-4-7-11-19(26(23,24)16-9-5-3-6-10-16)20(21)17(15-25-2)18(22)12-14-21/h3,5-6,8-10,12-14,17,19-20H,4,7,11,15H2,1-2H3/b13-8-/t17-,19-,20-,21-/m1/s1. The van der Waals surface area contributed by atoms with Gasteiger partial charge in [-0.2, -0.15) is 0 Å². The third kappa shape index (κ3) is 3.42. The van der Waals surface area contributed by atoms with Gasteiger partial charge in [0.05, 0.1) is 22.7 Å². The molecule has 26 heavy (non-hydrogen) atoms. The lowest BCUT2D eigenvalue weighted by Gasteiger charge is -2.45. The first-order valence-corrected chi connectivity index (χ1v) is 10.6. The zero-order chi connectivity index (χ0) is 18.8. The normalized spacial score (nSPS) is 33.2. The summed E-state index contributed by atoms with van der Waals surface area (Å²) >= 11 is 0. The van der Waals surface area contributed by atoms with E-state index in [1.807, 2.05) is 19.1 Å². The molecule has 0 unspecified atom stereocenters. The number of sulfone groups is 1. The number of allylic oxidation sites excluding steroid dienone is 4. The van der Waals surface area contributed by atoms with Crippen molar-refractivity contribution in [3.05, 3.63) is 54.6 Å². The molecular formula is C21H26O4S. The van der Waals surface area contributed by atoms with Crippen LogP contribution in [0.2, 0.25) is 0 Å². The molecule has 2 aliphatic carbocycles. The molecule has 0 heterocycles. The van der Waals surface area contributed by atoms with Gasteiger partial charge >= 0.3 is 0 Å². The summed E-state index contributed by atoms with van der Waals surface area (Å²) in [5, 5.41) is -0.617. The van der Waals surface area contributed by atoms with Crippen LogP contribution in [0.4, 0.5) is 0 Å². The van der Waals surface area contributed by atoms with Crippen molar-refractivity contribution in [3.8, 4) is 0 Å². The molecule has 0 spiro atoms. The number of ketones is 1. The average Bonchev–Trinajstić information content (AvgIpc) is 2.62. The second kappa shape index (κ2) is 7.49. The van der Waals surface area contributed by atoms with Crippen LogP contribution in [0.15, 0.2) is 59.5 Å². The van der Waals surface area contributed by atoms with Gasteiger partial charge in [0, 0.05) is 18.4 Å². The molecule has 0 N–H and O–H groups in total. The monoisotopic (exact) mass is 374 g/mol. The van der Waals surface area contributed by atoms with Crippen molar-refractivity contribution < 1.29 is 17.9 Å². The van der Waals surface area contributed by atoms with Crippen molar-refractivity contribution in [2.75, 3.05) is 13.7 Å². The predicted octanol–water partition coefficient (Wildman–Crippen LogP) is 3.59. The molecule has 4 nitrogen and oxygen atoms in total. The summed E-state index contributed by atoms with van der Waals surface area (Å²) < 4.78 is 32.3. The number of carbonyl (C=O) groups excluding carboxylic acids is 1. The van der Waals surface area contributed by atoms with E-state index in [-0.39, 0.29) is 18.3 Å². The van der Waals surface area contributed by atoms with Gasteiger partial charge in [-0.15, -0.1) is 0 Å². The molecule has 0 aliphatic heterocycles. The van der Waals surface area contributed by atoms with Crippen LogP contribution in [0.1, 0.15) is 26.2 Å². The summed E-state index contributed by atoms with van der Waals surface area (Å²) in [6.45, 7) is 2.26. The molecule has 5 heteroatoms. The van der Waals surface area contributed by atoms with E-state index in [4.69, 9.17) is 4.74 Å². The molecule has 0 amide bonds. The second-order valence-corrected chi connectivity index (χ2v) is 9.59. The van der Waals surface area contributed by atoms with Gasteiger partial charge in [-0.1, -0.05) is 43.4 Å². The average molecular weight is 375 g/mol. The van der Waals surface area contributed by atoms with Crippen LogP contribution in [-0.4, -0.2) is 33.2 Å². The van der Waals surface area contributed by atoms with Crippen LogP contribution in [0, 0.1) is 17.3 Å². The molecule has 0 radical (unpaired) electrons. The fourth-order valence-corrected chi connectivity index (χ4v) is 6.62. The minimum atomic E-state index is -3.56. The number of fused-ring (bicyclic) bond motifs is 1. The summed E-state index contributed by atoms with van der Waals surface area (Å²) in [4.78, 5) is 12.9. The van der Waals surface area contributed by atoms with E-state index in [1.54, 1.807) is 37.5 Å². The Morgan fingerprint density at radius 3 is 2.62 bits per heavy atom. The lowest BCUT2D eigenvalue weighted by Crippen LogP contribution is -2.49. The largest absolute Gasteiger partial charge is 0.384 e. The molecular weight excluding hydrogens is 348 g/mol. The van der Waals surface area contributed by atoms with E-state index in [0.717, 1.165) is 12.8 Å². The number of ether oxygens (including phenoxy) is 1. The number of methoxy groups -OCH3 is 1. The lowest BCUT2D eigenvalue weighted by atomic mass is 9.63. The van der Waals surface area contributed by atoms with Crippen molar-refractivity contribution in [2.24, 2.45) is 17.3 Å². The molecule has 0 saturated carbocycles. The number of hydrogen-bond acceptors (Lipinski definition) is 4. The third-order valence-corrected chi connectivity index (χ3v) is 7.93. The fourth-order valence-electron chi connectivity index (χ4n) is 4.39. The van der Waals surface area contributed by atoms with Gasteiger partial charge < -0.3 is 4.74 Å². The maximum atomic E-state index is 13.5. The van der Waals surface area contributed by atoms with Gasteiger partial charge in [-0.3, -0.25) is 4.79 Å². The number of carbonyl (C=O) groups is 1. The molecule has 4 atom stereocenters. The molecule has 2 aliphatic rings. The van der Waals surface area contributed by atoms with E-state index in [9.17, 15) is 13.2 Å². The van der Waals surface area contributed by atoms with Gasteiger partial charge in [0.15, 0.2) is 15.6 Å². The van der Waals surface area contributed by atoms with Crippen molar-refractivity contribution in [3.63, 3.8) is 0 Å². The quantitative estimate of drug-likeness (QED) is 0.756. The molecule has 1 aromatic carbocycles. The zero-order valence-electron chi connectivity index (χ0n) is 15.3. The van der Waals surface area contributed by atoms with Gasteiger partial charge in [0.25, 0.3) is 0 Å². The van der Waals surface area contributed by atoms with E-state index in [0.29, 0.717) is 11.3 Å². The van der Waals surface area contributed by atoms with Crippen molar-refractivity contribution in [2.45, 2.75) is 36.3 Å². The Bertz CT molecular complexity index is 810. The molecule has 0 bridgehead atoms. The molecule has 0 fully saturated rings. The first-order chi connectivity index (χ1) is 12.4. The minimum absolute atomic E-state index is 0.0449. The summed E-state index contributed by atoms with van der Waals surface area (Å²) in [7, 11) is -2.00. The smallest absolute Gasteiger partial charge is 0.181 e. The van der Waals surface area contributed by atoms with Gasteiger partial charge in [0.2, 0.25) is 0 Å². The maximum absolute atomic E-state index is 13.5. The molecule has 1 aromatic rings. The van der Waals surface area contributed by atoms with E-state index in [1.165, 1.54) is 0 Å². The molecule has 0 aromatic heterocycles. The Morgan fingerprint density at radius 1 is 1.19 bits per heavy atom. The molecule has 3 rings (SSSR count). The number of rotatable bonds is 4. The Kier molecular flexibility index (Phi) is 5.49. The van der Waals surface area contributed by atoms with E-state index >= 15 is 0 Å². The van der Waals surface area contributed by atoms with Crippen molar-refractivity contribution in [1.82, 2.24) is 0 Å². The Hall–Kier alpha value is -1.72. The fraction of sp³-hybridized carbons (Fsp3) is 0.476. The highest BCUT2D eigenvalue weighted by molar-refractivity contribution is 7.92. The summed E-state index contributed by atoms with van der Waals surface area (Å²) in [6.07, 6.45) is 9.85. The van der Waals surface area contributed by atoms with Crippen LogP contribution >= 0.6 is 0 Å². The van der Waals surface area contributed by atoms with E-state index in [2.05, 4.69) is 12.2 Å². The highest BCUT2D eigenvalue weighted by atomic mass is 32.2. The Balaban J connectivity index is 2.15. The first-order valence-electron chi connectivity index (χ1n) is 9.09. The minimum Gasteiger partial charge on any atom is -0.384 e. The predicted molar refractivity (Wildman–Crippen MR) is 102 cm³/mol.